The lowest BCUT2D eigenvalue weighted by molar-refractivity contribution is 0.315. The zero-order chi connectivity index (χ0) is 7.68. The van der Waals surface area contributed by atoms with E-state index < -0.39 is 0 Å². The van der Waals surface area contributed by atoms with Crippen LogP contribution in [-0.2, 0) is 0 Å². The maximum Gasteiger partial charge on any atom is 0.111 e. The molecule has 0 spiro atoms. The molecule has 0 amide bonds. The zero-order valence-electron chi connectivity index (χ0n) is 6.66. The molecule has 0 heterocycles. The highest BCUT2D eigenvalue weighted by atomic mass is 16.3. The normalized spacial score (nSPS) is 36.2. The molecule has 0 aromatic carbocycles. The molecule has 0 radical (unpaired) electrons. The van der Waals surface area contributed by atoms with Crippen molar-refractivity contribution in [3.63, 3.8) is 0 Å². The van der Waals surface area contributed by atoms with Crippen molar-refractivity contribution in [3.8, 4) is 0 Å². The maximum absolute atomic E-state index is 9.22. The van der Waals surface area contributed by atoms with Gasteiger partial charge in [0.15, 0.2) is 0 Å². The summed E-state index contributed by atoms with van der Waals surface area (Å²) in [6, 6.07) is 0. The van der Waals surface area contributed by atoms with Crippen LogP contribution in [0.1, 0.15) is 25.7 Å². The van der Waals surface area contributed by atoms with Gasteiger partial charge in [-0.2, -0.15) is 0 Å². The lowest BCUT2D eigenvalue weighted by Crippen LogP contribution is -2.18. The van der Waals surface area contributed by atoms with Crippen molar-refractivity contribution in [2.45, 2.75) is 25.7 Å². The predicted octanol–water partition coefficient (Wildman–Crippen LogP) is 2.80. The lowest BCUT2D eigenvalue weighted by Gasteiger charge is -2.29. The van der Waals surface area contributed by atoms with E-state index in [1.54, 1.807) is 0 Å². The van der Waals surface area contributed by atoms with Crippen LogP contribution in [0, 0.1) is 11.8 Å². The van der Waals surface area contributed by atoms with Gasteiger partial charge in [0.25, 0.3) is 0 Å². The Hall–Kier alpha value is -0.720. The van der Waals surface area contributed by atoms with Crippen LogP contribution in [0.2, 0.25) is 0 Å². The second-order valence-electron chi connectivity index (χ2n) is 3.56. The molecule has 0 bridgehead atoms. The minimum atomic E-state index is 0.466. The van der Waals surface area contributed by atoms with E-state index in [1.807, 2.05) is 12.2 Å². The molecular formula is C10H14O. The van der Waals surface area contributed by atoms with Crippen molar-refractivity contribution < 1.29 is 5.11 Å². The van der Waals surface area contributed by atoms with Gasteiger partial charge in [0.1, 0.15) is 5.76 Å². The molecule has 2 rings (SSSR count). The molecule has 1 heteroatoms. The van der Waals surface area contributed by atoms with Crippen molar-refractivity contribution in [3.05, 3.63) is 24.0 Å². The Kier molecular flexibility index (Phi) is 1.72. The first kappa shape index (κ1) is 6.96. The fourth-order valence-corrected chi connectivity index (χ4v) is 2.13. The Balaban J connectivity index is 2.13. The van der Waals surface area contributed by atoms with Crippen molar-refractivity contribution >= 4 is 0 Å². The highest BCUT2D eigenvalue weighted by Gasteiger charge is 2.23. The average molecular weight is 150 g/mol. The number of hydrogen-bond donors (Lipinski definition) is 1. The molecule has 1 nitrogen and oxygen atoms in total. The van der Waals surface area contributed by atoms with E-state index in [-0.39, 0.29) is 0 Å². The Morgan fingerprint density at radius 2 is 1.91 bits per heavy atom. The zero-order valence-corrected chi connectivity index (χ0v) is 6.66. The summed E-state index contributed by atoms with van der Waals surface area (Å²) in [5, 5.41) is 9.22. The van der Waals surface area contributed by atoms with E-state index in [0.29, 0.717) is 11.7 Å². The molecule has 2 aliphatic carbocycles. The average Bonchev–Trinajstić information content (AvgIpc) is 2.04. The Morgan fingerprint density at radius 1 is 1.18 bits per heavy atom. The van der Waals surface area contributed by atoms with Gasteiger partial charge >= 0.3 is 0 Å². The van der Waals surface area contributed by atoms with Gasteiger partial charge in [-0.3, -0.25) is 0 Å². The summed E-state index contributed by atoms with van der Waals surface area (Å²) in [6.45, 7) is 0. The monoisotopic (exact) mass is 150 g/mol. The minimum Gasteiger partial charge on any atom is -0.508 e. The summed E-state index contributed by atoms with van der Waals surface area (Å²) >= 11 is 0. The van der Waals surface area contributed by atoms with Gasteiger partial charge in [-0.05, 0) is 36.8 Å². The maximum atomic E-state index is 9.22. The number of rotatable bonds is 0. The fraction of sp³-hybridized carbons (Fsp3) is 0.600. The van der Waals surface area contributed by atoms with Gasteiger partial charge in [0, 0.05) is 0 Å². The third-order valence-electron chi connectivity index (χ3n) is 2.77. The van der Waals surface area contributed by atoms with Crippen LogP contribution in [-0.4, -0.2) is 5.11 Å². The number of allylic oxidation sites excluding steroid dienone is 3. The summed E-state index contributed by atoms with van der Waals surface area (Å²) in [6.07, 6.45) is 11.3. The molecule has 1 N–H and O–H groups in total. The molecule has 0 aromatic heterocycles. The summed E-state index contributed by atoms with van der Waals surface area (Å²) in [7, 11) is 0. The van der Waals surface area contributed by atoms with E-state index in [2.05, 4.69) is 6.08 Å². The van der Waals surface area contributed by atoms with Gasteiger partial charge < -0.3 is 5.11 Å². The van der Waals surface area contributed by atoms with Crippen LogP contribution in [0.25, 0.3) is 0 Å². The largest absolute Gasteiger partial charge is 0.508 e. The molecular weight excluding hydrogens is 136 g/mol. The molecule has 0 aromatic rings. The minimum absolute atomic E-state index is 0.466. The lowest BCUT2D eigenvalue weighted by atomic mass is 9.77. The molecule has 2 aliphatic rings. The van der Waals surface area contributed by atoms with Crippen molar-refractivity contribution in [1.82, 2.24) is 0 Å². The van der Waals surface area contributed by atoms with Crippen LogP contribution in [0.15, 0.2) is 24.0 Å². The van der Waals surface area contributed by atoms with Gasteiger partial charge in [0.2, 0.25) is 0 Å². The van der Waals surface area contributed by atoms with Crippen molar-refractivity contribution in [2.75, 3.05) is 0 Å². The van der Waals surface area contributed by atoms with E-state index in [1.165, 1.54) is 25.7 Å². The third kappa shape index (κ3) is 1.32. The molecule has 1 saturated carbocycles. The highest BCUT2D eigenvalue weighted by Crippen LogP contribution is 2.34. The van der Waals surface area contributed by atoms with Crippen LogP contribution in [0.3, 0.4) is 0 Å². The Bertz CT molecular complexity index is 203. The first-order valence-corrected chi connectivity index (χ1v) is 4.45. The molecule has 0 aliphatic heterocycles. The first-order valence-electron chi connectivity index (χ1n) is 4.45. The van der Waals surface area contributed by atoms with Crippen LogP contribution < -0.4 is 0 Å². The number of fused-ring (bicyclic) bond motifs is 1. The van der Waals surface area contributed by atoms with E-state index >= 15 is 0 Å². The SMILES string of the molecule is OC1=C[C@H]2CCCC[C@H]2C=C1. The van der Waals surface area contributed by atoms with E-state index in [9.17, 15) is 5.11 Å². The molecule has 0 saturated heterocycles. The Labute approximate surface area is 67.4 Å². The predicted molar refractivity (Wildman–Crippen MR) is 45.3 cm³/mol. The molecule has 2 atom stereocenters. The summed E-state index contributed by atoms with van der Waals surface area (Å²) in [5.41, 5.74) is 0. The summed E-state index contributed by atoms with van der Waals surface area (Å²) in [4.78, 5) is 0. The summed E-state index contributed by atoms with van der Waals surface area (Å²) < 4.78 is 0. The molecule has 11 heavy (non-hydrogen) atoms. The van der Waals surface area contributed by atoms with Crippen LogP contribution in [0.5, 0.6) is 0 Å². The quantitative estimate of drug-likeness (QED) is 0.563. The fourth-order valence-electron chi connectivity index (χ4n) is 2.13. The standard InChI is InChI=1S/C10H14O/c11-10-6-5-8-3-1-2-4-9(8)7-10/h5-9,11H,1-4H2/t8-,9+/m0/s1. The van der Waals surface area contributed by atoms with Gasteiger partial charge in [-0.1, -0.05) is 18.9 Å². The first-order chi connectivity index (χ1) is 5.36. The second-order valence-corrected chi connectivity index (χ2v) is 3.56. The van der Waals surface area contributed by atoms with E-state index in [0.717, 1.165) is 5.92 Å². The highest BCUT2D eigenvalue weighted by molar-refractivity contribution is 5.20. The Morgan fingerprint density at radius 3 is 2.73 bits per heavy atom. The van der Waals surface area contributed by atoms with Gasteiger partial charge in [-0.15, -0.1) is 0 Å². The van der Waals surface area contributed by atoms with Crippen LogP contribution >= 0.6 is 0 Å². The van der Waals surface area contributed by atoms with Gasteiger partial charge in [0.05, 0.1) is 0 Å². The van der Waals surface area contributed by atoms with Crippen LogP contribution in [0.4, 0.5) is 0 Å². The van der Waals surface area contributed by atoms with Crippen molar-refractivity contribution in [1.29, 1.82) is 0 Å². The molecule has 1 fully saturated rings. The number of aliphatic hydroxyl groups is 1. The van der Waals surface area contributed by atoms with Crippen molar-refractivity contribution in [2.24, 2.45) is 11.8 Å². The summed E-state index contributed by atoms with van der Waals surface area (Å²) in [5.74, 6) is 1.82. The second kappa shape index (κ2) is 2.72. The number of hydrogen-bond acceptors (Lipinski definition) is 1. The molecule has 60 valence electrons. The topological polar surface area (TPSA) is 20.2 Å². The van der Waals surface area contributed by atoms with E-state index in [4.69, 9.17) is 0 Å². The third-order valence-corrected chi connectivity index (χ3v) is 2.77. The van der Waals surface area contributed by atoms with Gasteiger partial charge in [-0.25, -0.2) is 0 Å². The number of aliphatic hydroxyl groups excluding tert-OH is 1. The smallest absolute Gasteiger partial charge is 0.111 e. The molecule has 0 unspecified atom stereocenters.